The minimum atomic E-state index is -3.75. The van der Waals surface area contributed by atoms with Crippen molar-refractivity contribution in [1.82, 2.24) is 4.72 Å². The molecule has 0 saturated heterocycles. The van der Waals surface area contributed by atoms with Crippen molar-refractivity contribution in [3.8, 4) is 5.75 Å². The Morgan fingerprint density at radius 3 is 2.57 bits per heavy atom. The zero-order valence-electron chi connectivity index (χ0n) is 17.2. The van der Waals surface area contributed by atoms with Crippen molar-refractivity contribution in [2.24, 2.45) is 0 Å². The molecular weight excluding hydrogens is 406 g/mol. The minimum Gasteiger partial charge on any atom is -0.423 e. The lowest BCUT2D eigenvalue weighted by molar-refractivity contribution is 0.0733. The summed E-state index contributed by atoms with van der Waals surface area (Å²) >= 11 is 0. The van der Waals surface area contributed by atoms with E-state index in [0.29, 0.717) is 12.0 Å². The van der Waals surface area contributed by atoms with Crippen LogP contribution >= 0.6 is 0 Å². The molecule has 2 aromatic carbocycles. The van der Waals surface area contributed by atoms with E-state index in [2.05, 4.69) is 4.72 Å². The summed E-state index contributed by atoms with van der Waals surface area (Å²) in [5, 5.41) is 0.763. The Hall–Kier alpha value is -2.97. The maximum atomic E-state index is 12.7. The topological polar surface area (TPSA) is 103 Å². The van der Waals surface area contributed by atoms with Crippen LogP contribution in [0.4, 0.5) is 0 Å². The van der Waals surface area contributed by atoms with Crippen molar-refractivity contribution < 1.29 is 22.4 Å². The molecule has 3 aromatic rings. The standard InChI is InChI=1S/C22H23NO6S/c1-5-15-11-18-14(4)9-21(24)28-20(18)12-19(15)29-22(25)16-7-6-8-17(10-16)30(26,27)23-13(2)3/h6-13,23H,5H2,1-4H3. The van der Waals surface area contributed by atoms with Gasteiger partial charge in [-0.25, -0.2) is 22.7 Å². The fourth-order valence-corrected chi connectivity index (χ4v) is 4.39. The first-order valence-electron chi connectivity index (χ1n) is 9.52. The third kappa shape index (κ3) is 4.60. The van der Waals surface area contributed by atoms with Gasteiger partial charge in [-0.2, -0.15) is 0 Å². The molecule has 3 rings (SSSR count). The first-order valence-corrected chi connectivity index (χ1v) is 11.0. The quantitative estimate of drug-likeness (QED) is 0.365. The third-order valence-electron chi connectivity index (χ3n) is 4.49. The molecule has 1 N–H and O–H groups in total. The molecule has 0 aliphatic heterocycles. The summed E-state index contributed by atoms with van der Waals surface area (Å²) in [7, 11) is -3.75. The van der Waals surface area contributed by atoms with Gasteiger partial charge >= 0.3 is 11.6 Å². The van der Waals surface area contributed by atoms with E-state index in [1.165, 1.54) is 36.4 Å². The van der Waals surface area contributed by atoms with Crippen LogP contribution in [0.25, 0.3) is 11.0 Å². The lowest BCUT2D eigenvalue weighted by Crippen LogP contribution is -2.30. The van der Waals surface area contributed by atoms with Gasteiger partial charge < -0.3 is 9.15 Å². The molecule has 0 radical (unpaired) electrons. The average Bonchev–Trinajstić information content (AvgIpc) is 2.66. The van der Waals surface area contributed by atoms with Crippen LogP contribution in [0, 0.1) is 6.92 Å². The van der Waals surface area contributed by atoms with E-state index >= 15 is 0 Å². The highest BCUT2D eigenvalue weighted by Crippen LogP contribution is 2.28. The number of aryl methyl sites for hydroxylation is 2. The summed E-state index contributed by atoms with van der Waals surface area (Å²) in [5.41, 5.74) is 1.45. The van der Waals surface area contributed by atoms with Gasteiger partial charge in [0.2, 0.25) is 10.0 Å². The number of fused-ring (bicyclic) bond motifs is 1. The number of sulfonamides is 1. The smallest absolute Gasteiger partial charge is 0.343 e. The van der Waals surface area contributed by atoms with Crippen LogP contribution in [-0.4, -0.2) is 20.4 Å². The molecule has 0 bridgehead atoms. The fraction of sp³-hybridized carbons (Fsp3) is 0.273. The highest BCUT2D eigenvalue weighted by atomic mass is 32.2. The van der Waals surface area contributed by atoms with E-state index < -0.39 is 21.6 Å². The Kier molecular flexibility index (Phi) is 6.09. The predicted molar refractivity (Wildman–Crippen MR) is 113 cm³/mol. The molecular formula is C22H23NO6S. The van der Waals surface area contributed by atoms with Gasteiger partial charge in [0.25, 0.3) is 0 Å². The SMILES string of the molecule is CCc1cc2c(C)cc(=O)oc2cc1OC(=O)c1cccc(S(=O)(=O)NC(C)C)c1. The number of hydrogen-bond acceptors (Lipinski definition) is 6. The van der Waals surface area contributed by atoms with Crippen LogP contribution in [0.3, 0.4) is 0 Å². The molecule has 30 heavy (non-hydrogen) atoms. The van der Waals surface area contributed by atoms with Crippen LogP contribution in [0.2, 0.25) is 0 Å². The molecule has 0 aliphatic rings. The normalized spacial score (nSPS) is 11.8. The first-order chi connectivity index (χ1) is 14.1. The number of benzene rings is 2. The Morgan fingerprint density at radius 1 is 1.17 bits per heavy atom. The van der Waals surface area contributed by atoms with Crippen LogP contribution in [-0.2, 0) is 16.4 Å². The largest absolute Gasteiger partial charge is 0.423 e. The molecule has 0 spiro atoms. The third-order valence-corrected chi connectivity index (χ3v) is 6.14. The van der Waals surface area contributed by atoms with Gasteiger partial charge in [-0.05, 0) is 62.6 Å². The molecule has 8 heteroatoms. The van der Waals surface area contributed by atoms with Crippen molar-refractivity contribution in [1.29, 1.82) is 0 Å². The maximum Gasteiger partial charge on any atom is 0.343 e. The zero-order chi connectivity index (χ0) is 22.1. The van der Waals surface area contributed by atoms with E-state index in [9.17, 15) is 18.0 Å². The Bertz CT molecular complexity index is 1270. The molecule has 0 unspecified atom stereocenters. The Balaban J connectivity index is 1.97. The molecule has 0 saturated carbocycles. The summed E-state index contributed by atoms with van der Waals surface area (Å²) in [5.74, 6) is -0.446. The summed E-state index contributed by atoms with van der Waals surface area (Å²) in [6, 6.07) is 10.1. The second kappa shape index (κ2) is 8.41. The Labute approximate surface area is 174 Å². The van der Waals surface area contributed by atoms with Crippen molar-refractivity contribution in [2.75, 3.05) is 0 Å². The first kappa shape index (κ1) is 21.7. The van der Waals surface area contributed by atoms with Crippen molar-refractivity contribution in [3.05, 3.63) is 69.6 Å². The molecule has 7 nitrogen and oxygen atoms in total. The average molecular weight is 429 g/mol. The minimum absolute atomic E-state index is 0.0264. The predicted octanol–water partition coefficient (Wildman–Crippen LogP) is 3.57. The molecule has 158 valence electrons. The van der Waals surface area contributed by atoms with Crippen LogP contribution in [0.5, 0.6) is 5.75 Å². The molecule has 1 heterocycles. The number of rotatable bonds is 6. The van der Waals surface area contributed by atoms with Crippen LogP contribution < -0.4 is 15.1 Å². The molecule has 0 atom stereocenters. The van der Waals surface area contributed by atoms with Crippen molar-refractivity contribution in [2.45, 2.75) is 45.1 Å². The number of carbonyl (C=O) groups is 1. The second-order valence-electron chi connectivity index (χ2n) is 7.25. The number of esters is 1. The number of carbonyl (C=O) groups excluding carboxylic acids is 1. The number of hydrogen-bond donors (Lipinski definition) is 1. The lowest BCUT2D eigenvalue weighted by Gasteiger charge is -2.12. The van der Waals surface area contributed by atoms with Crippen molar-refractivity contribution >= 4 is 27.0 Å². The monoisotopic (exact) mass is 429 g/mol. The van der Waals surface area contributed by atoms with Gasteiger partial charge in [0, 0.05) is 23.6 Å². The highest BCUT2D eigenvalue weighted by molar-refractivity contribution is 7.89. The lowest BCUT2D eigenvalue weighted by atomic mass is 10.1. The van der Waals surface area contributed by atoms with E-state index in [0.717, 1.165) is 16.5 Å². The number of nitrogens with one attached hydrogen (secondary N) is 1. The van der Waals surface area contributed by atoms with Crippen molar-refractivity contribution in [3.63, 3.8) is 0 Å². The summed E-state index contributed by atoms with van der Waals surface area (Å²) in [6.45, 7) is 7.14. The van der Waals surface area contributed by atoms with Gasteiger partial charge in [0.1, 0.15) is 11.3 Å². The number of ether oxygens (including phenoxy) is 1. The van der Waals surface area contributed by atoms with E-state index in [4.69, 9.17) is 9.15 Å². The van der Waals surface area contributed by atoms with Gasteiger partial charge in [-0.1, -0.05) is 13.0 Å². The zero-order valence-corrected chi connectivity index (χ0v) is 18.0. The van der Waals surface area contributed by atoms with Gasteiger partial charge in [-0.15, -0.1) is 0 Å². The second-order valence-corrected chi connectivity index (χ2v) is 8.97. The summed E-state index contributed by atoms with van der Waals surface area (Å²) < 4.78 is 38.0. The van der Waals surface area contributed by atoms with Crippen LogP contribution in [0.1, 0.15) is 42.3 Å². The van der Waals surface area contributed by atoms with E-state index in [1.54, 1.807) is 13.8 Å². The fourth-order valence-electron chi connectivity index (χ4n) is 3.09. The van der Waals surface area contributed by atoms with Gasteiger partial charge in [0.15, 0.2) is 0 Å². The molecule has 0 amide bonds. The maximum absolute atomic E-state index is 12.7. The highest BCUT2D eigenvalue weighted by Gasteiger charge is 2.19. The van der Waals surface area contributed by atoms with Gasteiger partial charge in [0.05, 0.1) is 10.5 Å². The summed E-state index contributed by atoms with van der Waals surface area (Å²) in [6.07, 6.45) is 0.587. The molecule has 0 fully saturated rings. The van der Waals surface area contributed by atoms with E-state index in [-0.39, 0.29) is 22.3 Å². The summed E-state index contributed by atoms with van der Waals surface area (Å²) in [4.78, 5) is 24.4. The van der Waals surface area contributed by atoms with E-state index in [1.807, 2.05) is 19.9 Å². The van der Waals surface area contributed by atoms with Gasteiger partial charge in [-0.3, -0.25) is 0 Å². The molecule has 1 aromatic heterocycles. The molecule has 0 aliphatic carbocycles. The van der Waals surface area contributed by atoms with Crippen LogP contribution in [0.15, 0.2) is 56.6 Å². The Morgan fingerprint density at radius 2 is 1.90 bits per heavy atom.